The molecule has 0 atom stereocenters. The van der Waals surface area contributed by atoms with E-state index in [4.69, 9.17) is 0 Å². The van der Waals surface area contributed by atoms with Crippen LogP contribution in [0.25, 0.3) is 0 Å². The van der Waals surface area contributed by atoms with Gasteiger partial charge in [-0.2, -0.15) is 0 Å². The van der Waals surface area contributed by atoms with E-state index in [1.54, 1.807) is 24.3 Å². The van der Waals surface area contributed by atoms with Crippen LogP contribution in [0.2, 0.25) is 0 Å². The maximum Gasteiger partial charge on any atom is 0.269 e. The Bertz CT molecular complexity index is 618. The van der Waals surface area contributed by atoms with Crippen molar-refractivity contribution in [1.29, 1.82) is 0 Å². The Morgan fingerprint density at radius 2 is 1.73 bits per heavy atom. The molecule has 7 nitrogen and oxygen atoms in total. The van der Waals surface area contributed by atoms with Gasteiger partial charge in [-0.3, -0.25) is 19.8 Å². The topological polar surface area (TPSA) is 78.7 Å². The number of nitrogens with zero attached hydrogens (tertiary/aromatic N) is 3. The van der Waals surface area contributed by atoms with E-state index in [-0.39, 0.29) is 16.5 Å². The minimum absolute atomic E-state index is 0.112. The predicted molar refractivity (Wildman–Crippen MR) is 101 cm³/mol. The van der Waals surface area contributed by atoms with Crippen LogP contribution in [0.15, 0.2) is 24.3 Å². The minimum atomic E-state index is -0.382. The highest BCUT2D eigenvalue weighted by Gasteiger charge is 2.23. The van der Waals surface area contributed by atoms with Gasteiger partial charge in [0.25, 0.3) is 5.69 Å². The molecule has 142 valence electrons. The highest BCUT2D eigenvalue weighted by Crippen LogP contribution is 2.23. The van der Waals surface area contributed by atoms with Crippen molar-refractivity contribution in [2.75, 3.05) is 37.6 Å². The summed E-state index contributed by atoms with van der Waals surface area (Å²) in [6.45, 7) is 6.04. The van der Waals surface area contributed by atoms with Crippen LogP contribution < -0.4 is 10.2 Å². The van der Waals surface area contributed by atoms with Gasteiger partial charge in [-0.25, -0.2) is 0 Å². The smallest absolute Gasteiger partial charge is 0.269 e. The normalized spacial score (nSPS) is 24.3. The number of nitro benzene ring substituents is 1. The molecule has 3 rings (SSSR count). The number of benzene rings is 1. The van der Waals surface area contributed by atoms with E-state index in [1.165, 1.54) is 12.8 Å². The zero-order valence-corrected chi connectivity index (χ0v) is 15.4. The first-order valence-corrected chi connectivity index (χ1v) is 9.52. The molecular weight excluding hydrogens is 332 g/mol. The van der Waals surface area contributed by atoms with Gasteiger partial charge in [0.15, 0.2) is 0 Å². The van der Waals surface area contributed by atoms with Crippen LogP contribution in [0, 0.1) is 16.0 Å². The summed E-state index contributed by atoms with van der Waals surface area (Å²) in [5.74, 6) is 0.920. The minimum Gasteiger partial charge on any atom is -0.369 e. The number of piperazine rings is 1. The summed E-state index contributed by atoms with van der Waals surface area (Å²) in [7, 11) is 0. The van der Waals surface area contributed by atoms with Gasteiger partial charge in [0.05, 0.1) is 11.5 Å². The summed E-state index contributed by atoms with van der Waals surface area (Å²) in [6.07, 6.45) is 4.61. The molecule has 2 fully saturated rings. The van der Waals surface area contributed by atoms with Gasteiger partial charge in [0, 0.05) is 50.0 Å². The number of rotatable bonds is 5. The van der Waals surface area contributed by atoms with Gasteiger partial charge in [-0.05, 0) is 43.7 Å². The Morgan fingerprint density at radius 1 is 1.12 bits per heavy atom. The average molecular weight is 360 g/mol. The Morgan fingerprint density at radius 3 is 2.31 bits per heavy atom. The number of anilines is 1. The average Bonchev–Trinajstić information content (AvgIpc) is 2.64. The number of carbonyl (C=O) groups is 1. The molecule has 0 aromatic heterocycles. The van der Waals surface area contributed by atoms with E-state index in [2.05, 4.69) is 22.0 Å². The fourth-order valence-electron chi connectivity index (χ4n) is 3.83. The van der Waals surface area contributed by atoms with Crippen molar-refractivity contribution in [2.45, 2.75) is 38.6 Å². The number of hydrogen-bond donors (Lipinski definition) is 1. The van der Waals surface area contributed by atoms with Crippen molar-refractivity contribution in [1.82, 2.24) is 10.2 Å². The van der Waals surface area contributed by atoms with E-state index in [1.807, 2.05) is 0 Å². The molecule has 1 aromatic rings. The van der Waals surface area contributed by atoms with Crippen LogP contribution in [-0.2, 0) is 4.79 Å². The number of hydrogen-bond acceptors (Lipinski definition) is 5. The lowest BCUT2D eigenvalue weighted by Crippen LogP contribution is -2.50. The number of carbonyl (C=O) groups excluding carboxylic acids is 1. The summed E-state index contributed by atoms with van der Waals surface area (Å²) >= 11 is 0. The molecule has 0 bridgehead atoms. The Balaban J connectivity index is 1.42. The van der Waals surface area contributed by atoms with Crippen LogP contribution in [0.5, 0.6) is 0 Å². The Hall–Kier alpha value is -2.15. The van der Waals surface area contributed by atoms with Crippen LogP contribution >= 0.6 is 0 Å². The van der Waals surface area contributed by atoms with Crippen molar-refractivity contribution in [2.24, 2.45) is 5.92 Å². The molecule has 1 aromatic carbocycles. The fourth-order valence-corrected chi connectivity index (χ4v) is 3.83. The third kappa shape index (κ3) is 4.94. The van der Waals surface area contributed by atoms with Crippen LogP contribution in [0.3, 0.4) is 0 Å². The van der Waals surface area contributed by atoms with Crippen molar-refractivity contribution in [3.8, 4) is 0 Å². The zero-order chi connectivity index (χ0) is 18.5. The van der Waals surface area contributed by atoms with E-state index >= 15 is 0 Å². The SMILES string of the molecule is CC1CCC(NC(=O)CN2CCN(c3ccc([N+](=O)[O-])cc3)CC2)CC1. The van der Waals surface area contributed by atoms with E-state index in [9.17, 15) is 14.9 Å². The Kier molecular flexibility index (Phi) is 6.08. The molecule has 1 saturated heterocycles. The molecule has 26 heavy (non-hydrogen) atoms. The standard InChI is InChI=1S/C19H28N4O3/c1-15-2-4-16(5-3-15)20-19(24)14-21-10-12-22(13-11-21)17-6-8-18(9-7-17)23(25)26/h6-9,15-16H,2-5,10-14H2,1H3,(H,20,24). The van der Waals surface area contributed by atoms with Crippen molar-refractivity contribution in [3.63, 3.8) is 0 Å². The molecule has 2 aliphatic rings. The second kappa shape index (κ2) is 8.49. The lowest BCUT2D eigenvalue weighted by molar-refractivity contribution is -0.384. The predicted octanol–water partition coefficient (Wildman–Crippen LogP) is 2.41. The molecule has 1 N–H and O–H groups in total. The molecule has 1 aliphatic carbocycles. The molecule has 0 unspecified atom stereocenters. The molecule has 0 spiro atoms. The molecular formula is C19H28N4O3. The van der Waals surface area contributed by atoms with Crippen molar-refractivity contribution < 1.29 is 9.72 Å². The van der Waals surface area contributed by atoms with Gasteiger partial charge in [-0.15, -0.1) is 0 Å². The van der Waals surface area contributed by atoms with Crippen molar-refractivity contribution >= 4 is 17.3 Å². The Labute approximate surface area is 154 Å². The van der Waals surface area contributed by atoms with Gasteiger partial charge in [0.2, 0.25) is 5.91 Å². The second-order valence-electron chi connectivity index (χ2n) is 7.56. The quantitative estimate of drug-likeness (QED) is 0.644. The third-order valence-corrected chi connectivity index (χ3v) is 5.55. The lowest BCUT2D eigenvalue weighted by Gasteiger charge is -2.36. The maximum atomic E-state index is 12.3. The summed E-state index contributed by atoms with van der Waals surface area (Å²) in [5, 5.41) is 13.9. The van der Waals surface area contributed by atoms with Gasteiger partial charge < -0.3 is 10.2 Å². The van der Waals surface area contributed by atoms with E-state index in [0.29, 0.717) is 12.6 Å². The second-order valence-corrected chi connectivity index (χ2v) is 7.56. The monoisotopic (exact) mass is 360 g/mol. The number of nitro groups is 1. The maximum absolute atomic E-state index is 12.3. The van der Waals surface area contributed by atoms with E-state index in [0.717, 1.165) is 50.6 Å². The summed E-state index contributed by atoms with van der Waals surface area (Å²) in [6, 6.07) is 7.02. The fraction of sp³-hybridized carbons (Fsp3) is 0.632. The van der Waals surface area contributed by atoms with Crippen LogP contribution in [0.4, 0.5) is 11.4 Å². The first kappa shape index (κ1) is 18.6. The lowest BCUT2D eigenvalue weighted by atomic mass is 9.87. The highest BCUT2D eigenvalue weighted by molar-refractivity contribution is 5.78. The highest BCUT2D eigenvalue weighted by atomic mass is 16.6. The molecule has 1 amide bonds. The summed E-state index contributed by atoms with van der Waals surface area (Å²) in [4.78, 5) is 27.0. The van der Waals surface area contributed by atoms with Crippen LogP contribution in [-0.4, -0.2) is 54.5 Å². The van der Waals surface area contributed by atoms with E-state index < -0.39 is 0 Å². The first-order valence-electron chi connectivity index (χ1n) is 9.52. The third-order valence-electron chi connectivity index (χ3n) is 5.55. The molecule has 7 heteroatoms. The molecule has 0 radical (unpaired) electrons. The van der Waals surface area contributed by atoms with Crippen molar-refractivity contribution in [3.05, 3.63) is 34.4 Å². The summed E-state index contributed by atoms with van der Waals surface area (Å²) < 4.78 is 0. The van der Waals surface area contributed by atoms with Gasteiger partial charge in [0.1, 0.15) is 0 Å². The molecule has 1 aliphatic heterocycles. The molecule has 1 heterocycles. The first-order chi connectivity index (χ1) is 12.5. The number of non-ortho nitro benzene ring substituents is 1. The number of amides is 1. The molecule has 1 saturated carbocycles. The zero-order valence-electron chi connectivity index (χ0n) is 15.4. The number of nitrogens with one attached hydrogen (secondary N) is 1. The largest absolute Gasteiger partial charge is 0.369 e. The van der Waals surface area contributed by atoms with Gasteiger partial charge in [-0.1, -0.05) is 6.92 Å². The van der Waals surface area contributed by atoms with Crippen LogP contribution in [0.1, 0.15) is 32.6 Å². The summed E-state index contributed by atoms with van der Waals surface area (Å²) in [5.41, 5.74) is 1.11. The van der Waals surface area contributed by atoms with Gasteiger partial charge >= 0.3 is 0 Å².